The number of benzene rings is 3. The molecule has 2 amide bonds. The Labute approximate surface area is 199 Å². The summed E-state index contributed by atoms with van der Waals surface area (Å²) in [6, 6.07) is 18.0. The number of phenols is 1. The summed E-state index contributed by atoms with van der Waals surface area (Å²) in [7, 11) is 0. The Balaban J connectivity index is 1.52. The number of aromatic hydroxyl groups is 1. The molecule has 3 aromatic rings. The lowest BCUT2D eigenvalue weighted by Gasteiger charge is -2.34. The number of nitrogens with two attached hydrogens (primary N) is 1. The predicted molar refractivity (Wildman–Crippen MR) is 132 cm³/mol. The summed E-state index contributed by atoms with van der Waals surface area (Å²) in [6.07, 6.45) is 1.34. The van der Waals surface area contributed by atoms with Gasteiger partial charge in [-0.25, -0.2) is 0 Å². The molecule has 0 saturated heterocycles. The first kappa shape index (κ1) is 23.2. The number of anilines is 2. The van der Waals surface area contributed by atoms with E-state index in [4.69, 9.17) is 10.5 Å². The molecule has 0 fully saturated rings. The standard InChI is InChI=1S/C27H29N3O4/c1-17-14-19(32)15-24(28)22(17)9-11-27(33)29-25-12-13-30(18(2)31)26-10-8-21(16-23(25)26)34-20-6-4-3-5-7-20/h3-8,10,14-16,25,32H,9,11-13,28H2,1-2H3,(H,29,33). The van der Waals surface area contributed by atoms with Crippen LogP contribution in [0.25, 0.3) is 0 Å². The van der Waals surface area contributed by atoms with E-state index in [-0.39, 0.29) is 30.0 Å². The number of hydrogen-bond donors (Lipinski definition) is 3. The van der Waals surface area contributed by atoms with E-state index in [0.29, 0.717) is 36.6 Å². The number of carbonyl (C=O) groups is 2. The highest BCUT2D eigenvalue weighted by atomic mass is 16.5. The van der Waals surface area contributed by atoms with Gasteiger partial charge in [0, 0.05) is 42.9 Å². The van der Waals surface area contributed by atoms with Crippen molar-refractivity contribution < 1.29 is 19.4 Å². The van der Waals surface area contributed by atoms with Crippen LogP contribution in [0.3, 0.4) is 0 Å². The van der Waals surface area contributed by atoms with E-state index >= 15 is 0 Å². The number of amides is 2. The van der Waals surface area contributed by atoms with Gasteiger partial charge in [-0.05, 0) is 67.3 Å². The number of phenolic OH excluding ortho intramolecular Hbond substituents is 1. The van der Waals surface area contributed by atoms with E-state index in [1.54, 1.807) is 17.9 Å². The normalized spacial score (nSPS) is 14.9. The van der Waals surface area contributed by atoms with E-state index < -0.39 is 0 Å². The third-order valence-corrected chi connectivity index (χ3v) is 6.10. The number of nitrogen functional groups attached to an aromatic ring is 1. The van der Waals surface area contributed by atoms with Crippen LogP contribution in [0.4, 0.5) is 11.4 Å². The number of ether oxygens (including phenoxy) is 1. The Morgan fingerprint density at radius 2 is 1.88 bits per heavy atom. The van der Waals surface area contributed by atoms with Crippen LogP contribution >= 0.6 is 0 Å². The van der Waals surface area contributed by atoms with Crippen LogP contribution in [0.2, 0.25) is 0 Å². The first-order chi connectivity index (χ1) is 16.3. The molecule has 3 aromatic carbocycles. The second kappa shape index (κ2) is 9.87. The molecule has 4 N–H and O–H groups in total. The molecule has 0 saturated carbocycles. The predicted octanol–water partition coefficient (Wildman–Crippen LogP) is 4.62. The van der Waals surface area contributed by atoms with Gasteiger partial charge in [0.05, 0.1) is 6.04 Å². The fourth-order valence-corrected chi connectivity index (χ4v) is 4.43. The maximum atomic E-state index is 12.9. The summed E-state index contributed by atoms with van der Waals surface area (Å²) >= 11 is 0. The fourth-order valence-electron chi connectivity index (χ4n) is 4.43. The molecule has 1 aliphatic rings. The van der Waals surface area contributed by atoms with Gasteiger partial charge in [-0.3, -0.25) is 9.59 Å². The van der Waals surface area contributed by atoms with E-state index in [1.165, 1.54) is 6.07 Å². The third kappa shape index (κ3) is 5.14. The van der Waals surface area contributed by atoms with Gasteiger partial charge in [-0.15, -0.1) is 0 Å². The Kier molecular flexibility index (Phi) is 6.72. The minimum Gasteiger partial charge on any atom is -0.508 e. The van der Waals surface area contributed by atoms with Crippen LogP contribution in [0.15, 0.2) is 60.7 Å². The van der Waals surface area contributed by atoms with Crippen molar-refractivity contribution in [3.8, 4) is 17.2 Å². The van der Waals surface area contributed by atoms with Gasteiger partial charge in [-0.1, -0.05) is 18.2 Å². The van der Waals surface area contributed by atoms with Crippen molar-refractivity contribution in [1.29, 1.82) is 0 Å². The molecular weight excluding hydrogens is 430 g/mol. The second-order valence-corrected chi connectivity index (χ2v) is 8.55. The Morgan fingerprint density at radius 1 is 1.12 bits per heavy atom. The van der Waals surface area contributed by atoms with Gasteiger partial charge in [-0.2, -0.15) is 0 Å². The maximum absolute atomic E-state index is 12.9. The number of fused-ring (bicyclic) bond motifs is 1. The largest absolute Gasteiger partial charge is 0.508 e. The molecule has 0 aliphatic carbocycles. The molecule has 0 radical (unpaired) electrons. The minimum absolute atomic E-state index is 0.0407. The van der Waals surface area contributed by atoms with Crippen LogP contribution in [-0.4, -0.2) is 23.5 Å². The van der Waals surface area contributed by atoms with E-state index in [2.05, 4.69) is 5.32 Å². The van der Waals surface area contributed by atoms with E-state index in [9.17, 15) is 14.7 Å². The summed E-state index contributed by atoms with van der Waals surface area (Å²) in [5, 5.41) is 12.8. The third-order valence-electron chi connectivity index (χ3n) is 6.10. The number of carbonyl (C=O) groups excluding carboxylic acids is 2. The molecular formula is C27H29N3O4. The number of para-hydroxylation sites is 1. The Bertz CT molecular complexity index is 1190. The average molecular weight is 460 g/mol. The minimum atomic E-state index is -0.240. The average Bonchev–Trinajstić information content (AvgIpc) is 2.79. The van der Waals surface area contributed by atoms with Gasteiger partial charge in [0.1, 0.15) is 17.2 Å². The first-order valence-corrected chi connectivity index (χ1v) is 11.3. The van der Waals surface area contributed by atoms with Gasteiger partial charge >= 0.3 is 0 Å². The lowest BCUT2D eigenvalue weighted by Crippen LogP contribution is -2.40. The summed E-state index contributed by atoms with van der Waals surface area (Å²) in [6.45, 7) is 3.93. The SMILES string of the molecule is CC(=O)N1CCC(NC(=O)CCc2c(C)cc(O)cc2N)c2cc(Oc3ccccc3)ccc21. The summed E-state index contributed by atoms with van der Waals surface area (Å²) < 4.78 is 5.98. The summed E-state index contributed by atoms with van der Waals surface area (Å²) in [5.41, 5.74) is 9.86. The van der Waals surface area contributed by atoms with Crippen molar-refractivity contribution in [2.75, 3.05) is 17.2 Å². The lowest BCUT2D eigenvalue weighted by atomic mass is 9.95. The van der Waals surface area contributed by atoms with Crippen LogP contribution in [0.1, 0.15) is 42.5 Å². The zero-order chi connectivity index (χ0) is 24.2. The van der Waals surface area contributed by atoms with Gasteiger partial charge in [0.25, 0.3) is 0 Å². The highest BCUT2D eigenvalue weighted by molar-refractivity contribution is 5.93. The monoisotopic (exact) mass is 459 g/mol. The van der Waals surface area contributed by atoms with Crippen molar-refractivity contribution in [2.24, 2.45) is 0 Å². The van der Waals surface area contributed by atoms with Crippen molar-refractivity contribution in [2.45, 2.75) is 39.2 Å². The van der Waals surface area contributed by atoms with Gasteiger partial charge in [0.15, 0.2) is 0 Å². The fraction of sp³-hybridized carbons (Fsp3) is 0.259. The lowest BCUT2D eigenvalue weighted by molar-refractivity contribution is -0.121. The molecule has 1 aliphatic heterocycles. The highest BCUT2D eigenvalue weighted by Gasteiger charge is 2.29. The molecule has 0 aromatic heterocycles. The maximum Gasteiger partial charge on any atom is 0.223 e. The number of nitrogens with zero attached hydrogens (tertiary/aromatic N) is 1. The summed E-state index contributed by atoms with van der Waals surface area (Å²) in [4.78, 5) is 26.8. The van der Waals surface area contributed by atoms with Crippen LogP contribution in [0, 0.1) is 6.92 Å². The molecule has 176 valence electrons. The van der Waals surface area contributed by atoms with Crippen LogP contribution in [0.5, 0.6) is 17.2 Å². The van der Waals surface area contributed by atoms with Crippen LogP contribution < -0.4 is 20.7 Å². The quantitative estimate of drug-likeness (QED) is 0.467. The number of aryl methyl sites for hydroxylation is 1. The van der Waals surface area contributed by atoms with Crippen molar-refractivity contribution in [3.63, 3.8) is 0 Å². The Morgan fingerprint density at radius 3 is 2.59 bits per heavy atom. The molecule has 1 heterocycles. The first-order valence-electron chi connectivity index (χ1n) is 11.3. The number of hydrogen-bond acceptors (Lipinski definition) is 5. The van der Waals surface area contributed by atoms with Crippen molar-refractivity contribution in [3.05, 3.63) is 77.4 Å². The van der Waals surface area contributed by atoms with Crippen molar-refractivity contribution in [1.82, 2.24) is 5.32 Å². The van der Waals surface area contributed by atoms with Gasteiger partial charge < -0.3 is 25.8 Å². The van der Waals surface area contributed by atoms with E-state index in [0.717, 1.165) is 22.4 Å². The highest BCUT2D eigenvalue weighted by Crippen LogP contribution is 2.37. The Hall–Kier alpha value is -4.00. The molecule has 1 unspecified atom stereocenters. The summed E-state index contributed by atoms with van der Waals surface area (Å²) in [5.74, 6) is 1.33. The smallest absolute Gasteiger partial charge is 0.223 e. The van der Waals surface area contributed by atoms with Crippen molar-refractivity contribution >= 4 is 23.2 Å². The van der Waals surface area contributed by atoms with Gasteiger partial charge in [0.2, 0.25) is 11.8 Å². The molecule has 7 heteroatoms. The molecule has 1 atom stereocenters. The molecule has 34 heavy (non-hydrogen) atoms. The zero-order valence-corrected chi connectivity index (χ0v) is 19.4. The van der Waals surface area contributed by atoms with Crippen LogP contribution in [-0.2, 0) is 16.0 Å². The second-order valence-electron chi connectivity index (χ2n) is 8.55. The topological polar surface area (TPSA) is 105 Å². The number of nitrogens with one attached hydrogen (secondary N) is 1. The zero-order valence-electron chi connectivity index (χ0n) is 19.4. The molecule has 0 spiro atoms. The number of rotatable bonds is 6. The molecule has 4 rings (SSSR count). The molecule has 7 nitrogen and oxygen atoms in total. The molecule has 0 bridgehead atoms. The van der Waals surface area contributed by atoms with E-state index in [1.807, 2.05) is 55.5 Å².